The number of nitrogens with zero attached hydrogens (tertiary/aromatic N) is 1. The molecule has 1 saturated heterocycles. The molecule has 1 amide bonds. The van der Waals surface area contributed by atoms with Crippen LogP contribution in [0.25, 0.3) is 0 Å². The van der Waals surface area contributed by atoms with E-state index >= 15 is 0 Å². The zero-order chi connectivity index (χ0) is 25.7. The van der Waals surface area contributed by atoms with Gasteiger partial charge in [-0.3, -0.25) is 9.59 Å². The molecule has 4 rings (SSSR count). The topological polar surface area (TPSA) is 61.4 Å². The number of amides is 1. The zero-order valence-electron chi connectivity index (χ0n) is 20.6. The summed E-state index contributed by atoms with van der Waals surface area (Å²) in [5, 5.41) is 5.67. The number of Topliss-reactive ketones (excluding diaryl/α,β-unsaturated/α-hetero) is 1. The van der Waals surface area contributed by atoms with Crippen LogP contribution in [0.15, 0.2) is 72.8 Å². The van der Waals surface area contributed by atoms with Crippen molar-refractivity contribution in [3.63, 3.8) is 0 Å². The van der Waals surface area contributed by atoms with Crippen molar-refractivity contribution in [2.75, 3.05) is 31.1 Å². The highest BCUT2D eigenvalue weighted by Gasteiger charge is 2.25. The van der Waals surface area contributed by atoms with Gasteiger partial charge in [0, 0.05) is 41.0 Å². The maximum atomic E-state index is 14.3. The van der Waals surface area contributed by atoms with Gasteiger partial charge in [0.05, 0.1) is 11.6 Å². The highest BCUT2D eigenvalue weighted by Crippen LogP contribution is 2.24. The number of piperazine rings is 1. The number of carbonyl (C=O) groups is 2. The second-order valence-corrected chi connectivity index (χ2v) is 8.05. The standard InChI is InChI=1S/C27H27F2N3O2/c28-21-10-11-25(32-14-12-30-13-15-32)20(17-21)18-26(33)24(16-19-6-2-1-3-7-19)31-27(34)22-8-4-5-9-23(22)29/h1-11,17,24,30H,12-16,18H2,(H,31,34)/t24-/m1/s1/i16D2. The van der Waals surface area contributed by atoms with Gasteiger partial charge >= 0.3 is 0 Å². The van der Waals surface area contributed by atoms with Gasteiger partial charge in [0.25, 0.3) is 5.91 Å². The minimum atomic E-state index is -2.32. The van der Waals surface area contributed by atoms with Crippen molar-refractivity contribution in [3.05, 3.63) is 101 Å². The average molecular weight is 466 g/mol. The summed E-state index contributed by atoms with van der Waals surface area (Å²) in [5.41, 5.74) is 0.965. The van der Waals surface area contributed by atoms with Gasteiger partial charge in [-0.25, -0.2) is 8.78 Å². The molecule has 1 heterocycles. The van der Waals surface area contributed by atoms with Gasteiger partial charge in [-0.15, -0.1) is 0 Å². The third-order valence-corrected chi connectivity index (χ3v) is 5.66. The first kappa shape index (κ1) is 21.0. The molecule has 5 nitrogen and oxygen atoms in total. The van der Waals surface area contributed by atoms with Crippen molar-refractivity contribution >= 4 is 17.4 Å². The molecule has 34 heavy (non-hydrogen) atoms. The number of hydrogen-bond acceptors (Lipinski definition) is 4. The Morgan fingerprint density at radius 3 is 2.44 bits per heavy atom. The van der Waals surface area contributed by atoms with Gasteiger partial charge in [0.1, 0.15) is 11.6 Å². The maximum Gasteiger partial charge on any atom is 0.254 e. The Morgan fingerprint density at radius 1 is 1.00 bits per heavy atom. The summed E-state index contributed by atoms with van der Waals surface area (Å²) >= 11 is 0. The van der Waals surface area contributed by atoms with E-state index in [2.05, 4.69) is 10.6 Å². The summed E-state index contributed by atoms with van der Waals surface area (Å²) in [4.78, 5) is 28.6. The Morgan fingerprint density at radius 2 is 1.71 bits per heavy atom. The lowest BCUT2D eigenvalue weighted by atomic mass is 9.96. The number of rotatable bonds is 8. The highest BCUT2D eigenvalue weighted by atomic mass is 19.1. The molecule has 1 atom stereocenters. The summed E-state index contributed by atoms with van der Waals surface area (Å²) in [6.07, 6.45) is -2.63. The Balaban J connectivity index is 1.68. The Labute approximate surface area is 200 Å². The zero-order valence-corrected chi connectivity index (χ0v) is 18.6. The summed E-state index contributed by atoms with van der Waals surface area (Å²) in [7, 11) is 0. The molecule has 1 fully saturated rings. The van der Waals surface area contributed by atoms with Gasteiger partial charge in [-0.1, -0.05) is 42.5 Å². The van der Waals surface area contributed by atoms with Crippen LogP contribution in [0.4, 0.5) is 14.5 Å². The molecule has 3 aromatic rings. The summed E-state index contributed by atoms with van der Waals surface area (Å²) in [6.45, 7) is 2.82. The summed E-state index contributed by atoms with van der Waals surface area (Å²) in [6, 6.07) is 15.8. The van der Waals surface area contributed by atoms with E-state index in [0.29, 0.717) is 24.3 Å². The van der Waals surface area contributed by atoms with E-state index in [1.165, 1.54) is 42.5 Å². The number of anilines is 1. The van der Waals surface area contributed by atoms with Crippen LogP contribution in [-0.2, 0) is 17.6 Å². The van der Waals surface area contributed by atoms with Crippen molar-refractivity contribution in [2.24, 2.45) is 0 Å². The maximum absolute atomic E-state index is 14.3. The highest BCUT2D eigenvalue weighted by molar-refractivity contribution is 5.98. The minimum absolute atomic E-state index is 0.179. The first-order chi connectivity index (χ1) is 17.3. The van der Waals surface area contributed by atoms with Crippen molar-refractivity contribution in [2.45, 2.75) is 18.8 Å². The van der Waals surface area contributed by atoms with Crippen LogP contribution in [0.5, 0.6) is 0 Å². The van der Waals surface area contributed by atoms with E-state index in [9.17, 15) is 18.4 Å². The van der Waals surface area contributed by atoms with Crippen LogP contribution in [0.2, 0.25) is 0 Å². The lowest BCUT2D eigenvalue weighted by Gasteiger charge is -2.31. The number of hydrogen-bond donors (Lipinski definition) is 2. The fourth-order valence-electron chi connectivity index (χ4n) is 3.95. The quantitative estimate of drug-likeness (QED) is 0.535. The summed E-state index contributed by atoms with van der Waals surface area (Å²) in [5.74, 6) is -2.87. The van der Waals surface area contributed by atoms with Crippen LogP contribution < -0.4 is 15.5 Å². The SMILES string of the molecule is [2H]C([2H])(c1ccccc1)[C@@H](NC(=O)c1ccccc1F)C(=O)Cc1cc(F)ccc1N1CCNCC1. The van der Waals surface area contributed by atoms with E-state index in [4.69, 9.17) is 2.74 Å². The van der Waals surface area contributed by atoms with Crippen molar-refractivity contribution in [1.29, 1.82) is 0 Å². The Kier molecular flexibility index (Phi) is 6.81. The number of carbonyl (C=O) groups excluding carboxylic acids is 2. The lowest BCUT2D eigenvalue weighted by molar-refractivity contribution is -0.120. The van der Waals surface area contributed by atoms with Crippen molar-refractivity contribution < 1.29 is 21.1 Å². The van der Waals surface area contributed by atoms with E-state index in [-0.39, 0.29) is 17.5 Å². The van der Waals surface area contributed by atoms with Gasteiger partial charge in [0.15, 0.2) is 5.78 Å². The molecule has 0 aliphatic carbocycles. The molecule has 0 bridgehead atoms. The molecule has 7 heteroatoms. The van der Waals surface area contributed by atoms with Crippen LogP contribution >= 0.6 is 0 Å². The third kappa shape index (κ3) is 5.85. The summed E-state index contributed by atoms with van der Waals surface area (Å²) < 4.78 is 46.0. The normalized spacial score (nSPS) is 15.8. The molecule has 0 spiro atoms. The number of ketones is 1. The van der Waals surface area contributed by atoms with E-state index in [1.54, 1.807) is 24.3 Å². The first-order valence-corrected chi connectivity index (χ1v) is 11.1. The molecule has 176 valence electrons. The predicted molar refractivity (Wildman–Crippen MR) is 128 cm³/mol. The Bertz CT molecular complexity index is 1230. The average Bonchev–Trinajstić information content (AvgIpc) is 2.88. The third-order valence-electron chi connectivity index (χ3n) is 5.66. The molecule has 0 unspecified atom stereocenters. The van der Waals surface area contributed by atoms with Gasteiger partial charge in [-0.05, 0) is 47.8 Å². The monoisotopic (exact) mass is 465 g/mol. The van der Waals surface area contributed by atoms with Gasteiger partial charge in [0.2, 0.25) is 0 Å². The molecular formula is C27H27F2N3O2. The predicted octanol–water partition coefficient (Wildman–Crippen LogP) is 3.53. The van der Waals surface area contributed by atoms with Gasteiger partial charge in [-0.2, -0.15) is 0 Å². The fourth-order valence-corrected chi connectivity index (χ4v) is 3.95. The molecule has 0 aromatic heterocycles. The van der Waals surface area contributed by atoms with E-state index in [1.807, 2.05) is 4.90 Å². The largest absolute Gasteiger partial charge is 0.369 e. The van der Waals surface area contributed by atoms with Crippen LogP contribution in [0.3, 0.4) is 0 Å². The van der Waals surface area contributed by atoms with Crippen molar-refractivity contribution in [3.8, 4) is 0 Å². The molecule has 1 aliphatic rings. The Hall–Kier alpha value is -3.58. The van der Waals surface area contributed by atoms with E-state index < -0.39 is 35.7 Å². The smallest absolute Gasteiger partial charge is 0.254 e. The lowest BCUT2D eigenvalue weighted by Crippen LogP contribution is -2.45. The molecule has 0 saturated carbocycles. The second-order valence-electron chi connectivity index (χ2n) is 8.05. The van der Waals surface area contributed by atoms with Crippen molar-refractivity contribution in [1.82, 2.24) is 10.6 Å². The number of halogens is 2. The van der Waals surface area contributed by atoms with Gasteiger partial charge < -0.3 is 15.5 Å². The van der Waals surface area contributed by atoms with Crippen LogP contribution in [0.1, 0.15) is 24.2 Å². The minimum Gasteiger partial charge on any atom is -0.369 e. The molecular weight excluding hydrogens is 436 g/mol. The number of benzene rings is 3. The van der Waals surface area contributed by atoms with Crippen LogP contribution in [-0.4, -0.2) is 43.9 Å². The number of nitrogens with one attached hydrogen (secondary N) is 2. The molecule has 2 N–H and O–H groups in total. The molecule has 3 aromatic carbocycles. The van der Waals surface area contributed by atoms with E-state index in [0.717, 1.165) is 19.2 Å². The molecule has 0 radical (unpaired) electrons. The molecule has 1 aliphatic heterocycles. The first-order valence-electron chi connectivity index (χ1n) is 12.1. The van der Waals surface area contributed by atoms with Crippen LogP contribution in [0, 0.1) is 11.6 Å². The fraction of sp³-hybridized carbons (Fsp3) is 0.259. The second kappa shape index (κ2) is 11.0.